The first-order valence-electron chi connectivity index (χ1n) is 10.3. The lowest BCUT2D eigenvalue weighted by Crippen LogP contribution is -2.37. The molecule has 0 saturated heterocycles. The number of hydrogen-bond donors (Lipinski definition) is 2. The van der Waals surface area contributed by atoms with Crippen molar-refractivity contribution in [3.8, 4) is 0 Å². The van der Waals surface area contributed by atoms with Gasteiger partial charge in [-0.2, -0.15) is 0 Å². The van der Waals surface area contributed by atoms with Crippen molar-refractivity contribution in [3.05, 3.63) is 58.7 Å². The fourth-order valence-electron chi connectivity index (χ4n) is 3.40. The van der Waals surface area contributed by atoms with E-state index >= 15 is 0 Å². The van der Waals surface area contributed by atoms with Gasteiger partial charge in [0.25, 0.3) is 0 Å². The summed E-state index contributed by atoms with van der Waals surface area (Å²) in [4.78, 5) is 27.2. The molecule has 0 aliphatic heterocycles. The summed E-state index contributed by atoms with van der Waals surface area (Å²) in [6.45, 7) is 8.91. The van der Waals surface area contributed by atoms with E-state index in [0.29, 0.717) is 25.6 Å². The minimum atomic E-state index is -0.0273. The van der Waals surface area contributed by atoms with Gasteiger partial charge in [0.1, 0.15) is 0 Å². The first-order chi connectivity index (χ1) is 13.8. The molecule has 0 unspecified atom stereocenters. The van der Waals surface area contributed by atoms with Gasteiger partial charge in [-0.3, -0.25) is 14.5 Å². The summed E-state index contributed by atoms with van der Waals surface area (Å²) in [5, 5.41) is 6.03. The smallest absolute Gasteiger partial charge is 0.238 e. The molecule has 154 valence electrons. The highest BCUT2D eigenvalue weighted by molar-refractivity contribution is 5.93. The number of nitrogens with zero attached hydrogens (tertiary/aromatic N) is 1. The average molecular weight is 394 g/mol. The zero-order valence-electron chi connectivity index (χ0n) is 17.8. The Bertz CT molecular complexity index is 903. The van der Waals surface area contributed by atoms with E-state index in [4.69, 9.17) is 0 Å². The van der Waals surface area contributed by atoms with Crippen molar-refractivity contribution in [1.29, 1.82) is 0 Å². The predicted octanol–water partition coefficient (Wildman–Crippen LogP) is 4.35. The zero-order valence-corrected chi connectivity index (χ0v) is 17.8. The van der Waals surface area contributed by atoms with Crippen LogP contribution in [0.3, 0.4) is 0 Å². The Balaban J connectivity index is 1.53. The second-order valence-corrected chi connectivity index (χ2v) is 8.18. The van der Waals surface area contributed by atoms with Gasteiger partial charge >= 0.3 is 0 Å². The Morgan fingerprint density at radius 3 is 1.90 bits per heavy atom. The van der Waals surface area contributed by atoms with Crippen LogP contribution in [0, 0.1) is 27.7 Å². The van der Waals surface area contributed by atoms with Crippen molar-refractivity contribution in [2.24, 2.45) is 0 Å². The molecule has 1 fully saturated rings. The van der Waals surface area contributed by atoms with E-state index in [2.05, 4.69) is 15.5 Å². The highest BCUT2D eigenvalue weighted by Crippen LogP contribution is 2.27. The summed E-state index contributed by atoms with van der Waals surface area (Å²) in [5.74, 6) is -0.0418. The van der Waals surface area contributed by atoms with Gasteiger partial charge in [-0.05, 0) is 74.9 Å². The molecular weight excluding hydrogens is 362 g/mol. The van der Waals surface area contributed by atoms with E-state index in [0.717, 1.165) is 46.5 Å². The number of hydrogen-bond acceptors (Lipinski definition) is 3. The van der Waals surface area contributed by atoms with Crippen LogP contribution in [0.4, 0.5) is 11.4 Å². The van der Waals surface area contributed by atoms with Crippen LogP contribution in [0.5, 0.6) is 0 Å². The maximum atomic E-state index is 12.6. The van der Waals surface area contributed by atoms with Crippen LogP contribution in [-0.2, 0) is 9.59 Å². The molecule has 0 atom stereocenters. The van der Waals surface area contributed by atoms with Gasteiger partial charge in [0.15, 0.2) is 0 Å². The van der Waals surface area contributed by atoms with Crippen molar-refractivity contribution in [1.82, 2.24) is 4.90 Å². The Morgan fingerprint density at radius 1 is 0.862 bits per heavy atom. The molecule has 0 heterocycles. The molecule has 3 rings (SSSR count). The maximum absolute atomic E-state index is 12.6. The molecule has 2 N–H and O–H groups in total. The van der Waals surface area contributed by atoms with Crippen molar-refractivity contribution < 1.29 is 9.59 Å². The Hall–Kier alpha value is -2.66. The normalized spacial score (nSPS) is 13.4. The highest BCUT2D eigenvalue weighted by atomic mass is 16.2. The second-order valence-electron chi connectivity index (χ2n) is 8.18. The molecule has 2 aromatic rings. The van der Waals surface area contributed by atoms with Gasteiger partial charge in [-0.25, -0.2) is 0 Å². The lowest BCUT2D eigenvalue weighted by Gasteiger charge is -2.21. The van der Waals surface area contributed by atoms with Crippen molar-refractivity contribution in [3.63, 3.8) is 0 Å². The molecule has 29 heavy (non-hydrogen) atoms. The van der Waals surface area contributed by atoms with Gasteiger partial charge in [0, 0.05) is 30.4 Å². The molecule has 2 aromatic carbocycles. The van der Waals surface area contributed by atoms with Crippen LogP contribution >= 0.6 is 0 Å². The summed E-state index contributed by atoms with van der Waals surface area (Å²) in [7, 11) is 0. The van der Waals surface area contributed by atoms with Crippen molar-refractivity contribution >= 4 is 23.2 Å². The van der Waals surface area contributed by atoms with Gasteiger partial charge in [-0.1, -0.05) is 24.3 Å². The maximum Gasteiger partial charge on any atom is 0.238 e. The zero-order chi connectivity index (χ0) is 21.0. The topological polar surface area (TPSA) is 61.4 Å². The van der Waals surface area contributed by atoms with Crippen molar-refractivity contribution in [2.45, 2.75) is 53.0 Å². The number of benzene rings is 2. The van der Waals surface area contributed by atoms with E-state index < -0.39 is 0 Å². The van der Waals surface area contributed by atoms with Crippen LogP contribution in [-0.4, -0.2) is 35.8 Å². The monoisotopic (exact) mass is 393 g/mol. The SMILES string of the molecule is Cc1ccc(C)c(NC(=O)CCN(CC(=O)Nc2cc(C)ccc2C)C2CC2)c1. The first-order valence-corrected chi connectivity index (χ1v) is 10.3. The van der Waals surface area contributed by atoms with Crippen LogP contribution in [0.1, 0.15) is 41.5 Å². The van der Waals surface area contributed by atoms with E-state index in [1.165, 1.54) is 0 Å². The van der Waals surface area contributed by atoms with E-state index in [1.807, 2.05) is 64.1 Å². The fourth-order valence-corrected chi connectivity index (χ4v) is 3.40. The first kappa shape index (κ1) is 21.1. The van der Waals surface area contributed by atoms with E-state index in [1.54, 1.807) is 0 Å². The van der Waals surface area contributed by atoms with Crippen LogP contribution in [0.25, 0.3) is 0 Å². The summed E-state index contributed by atoms with van der Waals surface area (Å²) in [5.41, 5.74) is 6.06. The largest absolute Gasteiger partial charge is 0.326 e. The molecule has 0 bridgehead atoms. The van der Waals surface area contributed by atoms with Gasteiger partial charge in [0.05, 0.1) is 6.54 Å². The number of nitrogens with one attached hydrogen (secondary N) is 2. The number of rotatable bonds is 8. The van der Waals surface area contributed by atoms with E-state index in [-0.39, 0.29) is 11.8 Å². The predicted molar refractivity (Wildman–Crippen MR) is 118 cm³/mol. The molecule has 5 heteroatoms. The summed E-state index contributed by atoms with van der Waals surface area (Å²) < 4.78 is 0. The van der Waals surface area contributed by atoms with Crippen LogP contribution in [0.2, 0.25) is 0 Å². The van der Waals surface area contributed by atoms with Crippen LogP contribution < -0.4 is 10.6 Å². The fraction of sp³-hybridized carbons (Fsp3) is 0.417. The van der Waals surface area contributed by atoms with Gasteiger partial charge in [-0.15, -0.1) is 0 Å². The highest BCUT2D eigenvalue weighted by Gasteiger charge is 2.30. The third-order valence-electron chi connectivity index (χ3n) is 5.37. The molecule has 1 saturated carbocycles. The quantitative estimate of drug-likeness (QED) is 0.701. The lowest BCUT2D eigenvalue weighted by molar-refractivity contribution is -0.119. The molecule has 0 spiro atoms. The molecule has 0 aromatic heterocycles. The number of carbonyl (C=O) groups excluding carboxylic acids is 2. The number of carbonyl (C=O) groups is 2. The minimum absolute atomic E-state index is 0.0145. The number of aryl methyl sites for hydroxylation is 4. The third-order valence-corrected chi connectivity index (χ3v) is 5.37. The second kappa shape index (κ2) is 9.23. The summed E-state index contributed by atoms with van der Waals surface area (Å²) in [6, 6.07) is 12.5. The Kier molecular flexibility index (Phi) is 6.70. The Labute approximate surface area is 173 Å². The standard InChI is InChI=1S/C24H31N3O2/c1-16-5-7-18(3)21(13-16)25-23(28)11-12-27(20-9-10-20)15-24(29)26-22-14-17(2)6-8-19(22)4/h5-8,13-14,20H,9-12,15H2,1-4H3,(H,25,28)(H,26,29). The molecule has 0 radical (unpaired) electrons. The van der Waals surface area contributed by atoms with Gasteiger partial charge in [0.2, 0.25) is 11.8 Å². The van der Waals surface area contributed by atoms with E-state index in [9.17, 15) is 9.59 Å². The summed E-state index contributed by atoms with van der Waals surface area (Å²) in [6.07, 6.45) is 2.56. The summed E-state index contributed by atoms with van der Waals surface area (Å²) >= 11 is 0. The lowest BCUT2D eigenvalue weighted by atomic mass is 10.1. The number of amides is 2. The van der Waals surface area contributed by atoms with Gasteiger partial charge < -0.3 is 10.6 Å². The number of anilines is 2. The average Bonchev–Trinajstić information content (AvgIpc) is 3.50. The molecular formula is C24H31N3O2. The molecule has 2 amide bonds. The molecule has 1 aliphatic rings. The van der Waals surface area contributed by atoms with Crippen LogP contribution in [0.15, 0.2) is 36.4 Å². The minimum Gasteiger partial charge on any atom is -0.326 e. The molecule has 5 nitrogen and oxygen atoms in total. The van der Waals surface area contributed by atoms with Crippen molar-refractivity contribution in [2.75, 3.05) is 23.7 Å². The third kappa shape index (κ3) is 6.16. The molecule has 1 aliphatic carbocycles. The Morgan fingerprint density at radius 2 is 1.38 bits per heavy atom.